The molecule has 0 radical (unpaired) electrons. The standard InChI is InChI=1S/C10H20O2/c1-10(2,3)9(12-4)8(11)7-5-6-7/h7-9,11H,5-6H2,1-4H3. The lowest BCUT2D eigenvalue weighted by Crippen LogP contribution is -2.40. The molecule has 0 aliphatic heterocycles. The van der Waals surface area contributed by atoms with E-state index in [4.69, 9.17) is 4.74 Å². The van der Waals surface area contributed by atoms with Gasteiger partial charge in [0.05, 0.1) is 12.2 Å². The van der Waals surface area contributed by atoms with E-state index in [-0.39, 0.29) is 17.6 Å². The second kappa shape index (κ2) is 3.35. The summed E-state index contributed by atoms with van der Waals surface area (Å²) in [4.78, 5) is 0. The van der Waals surface area contributed by atoms with Gasteiger partial charge < -0.3 is 9.84 Å². The van der Waals surface area contributed by atoms with Crippen LogP contribution in [-0.2, 0) is 4.74 Å². The molecule has 1 N–H and O–H groups in total. The highest BCUT2D eigenvalue weighted by Gasteiger charge is 2.40. The average molecular weight is 172 g/mol. The van der Waals surface area contributed by atoms with Crippen LogP contribution in [0.3, 0.4) is 0 Å². The van der Waals surface area contributed by atoms with Gasteiger partial charge in [-0.05, 0) is 24.2 Å². The van der Waals surface area contributed by atoms with E-state index in [1.54, 1.807) is 7.11 Å². The van der Waals surface area contributed by atoms with Gasteiger partial charge in [-0.1, -0.05) is 20.8 Å². The van der Waals surface area contributed by atoms with E-state index in [1.165, 1.54) is 0 Å². The Bertz CT molecular complexity index is 144. The molecular formula is C10H20O2. The maximum atomic E-state index is 9.86. The molecule has 12 heavy (non-hydrogen) atoms. The fourth-order valence-electron chi connectivity index (χ4n) is 1.69. The summed E-state index contributed by atoms with van der Waals surface area (Å²) in [6.07, 6.45) is 2.04. The molecule has 0 spiro atoms. The van der Waals surface area contributed by atoms with Gasteiger partial charge in [0, 0.05) is 7.11 Å². The quantitative estimate of drug-likeness (QED) is 0.703. The minimum Gasteiger partial charge on any atom is -0.390 e. The second-order valence-electron chi connectivity index (χ2n) is 4.85. The first kappa shape index (κ1) is 10.0. The van der Waals surface area contributed by atoms with Gasteiger partial charge in [-0.25, -0.2) is 0 Å². The van der Waals surface area contributed by atoms with Crippen molar-refractivity contribution in [1.82, 2.24) is 0 Å². The summed E-state index contributed by atoms with van der Waals surface area (Å²) in [7, 11) is 1.68. The third-order valence-corrected chi connectivity index (χ3v) is 2.52. The van der Waals surface area contributed by atoms with Crippen LogP contribution in [0.1, 0.15) is 33.6 Å². The first-order chi connectivity index (χ1) is 5.46. The van der Waals surface area contributed by atoms with Gasteiger partial charge in [0.1, 0.15) is 0 Å². The van der Waals surface area contributed by atoms with Gasteiger partial charge in [-0.3, -0.25) is 0 Å². The van der Waals surface area contributed by atoms with Crippen LogP contribution in [0.5, 0.6) is 0 Å². The van der Waals surface area contributed by atoms with Crippen molar-refractivity contribution in [3.63, 3.8) is 0 Å². The highest BCUT2D eigenvalue weighted by atomic mass is 16.5. The molecule has 1 aliphatic carbocycles. The fraction of sp³-hybridized carbons (Fsp3) is 1.00. The largest absolute Gasteiger partial charge is 0.390 e. The van der Waals surface area contributed by atoms with Crippen molar-refractivity contribution in [1.29, 1.82) is 0 Å². The molecule has 0 amide bonds. The van der Waals surface area contributed by atoms with Crippen molar-refractivity contribution >= 4 is 0 Å². The summed E-state index contributed by atoms with van der Waals surface area (Å²) in [6.45, 7) is 6.31. The first-order valence-electron chi connectivity index (χ1n) is 4.67. The number of methoxy groups -OCH3 is 1. The SMILES string of the molecule is COC(C(O)C1CC1)C(C)(C)C. The van der Waals surface area contributed by atoms with Crippen molar-refractivity contribution in [2.75, 3.05) is 7.11 Å². The zero-order chi connectivity index (χ0) is 9.35. The molecule has 1 saturated carbocycles. The third-order valence-electron chi connectivity index (χ3n) is 2.52. The van der Waals surface area contributed by atoms with Crippen LogP contribution in [0.25, 0.3) is 0 Å². The Morgan fingerprint density at radius 2 is 1.83 bits per heavy atom. The molecule has 2 nitrogen and oxygen atoms in total. The molecule has 2 atom stereocenters. The van der Waals surface area contributed by atoms with E-state index in [0.29, 0.717) is 5.92 Å². The predicted molar refractivity (Wildman–Crippen MR) is 49.0 cm³/mol. The van der Waals surface area contributed by atoms with Crippen molar-refractivity contribution in [3.05, 3.63) is 0 Å². The van der Waals surface area contributed by atoms with Crippen LogP contribution in [0, 0.1) is 11.3 Å². The van der Waals surface area contributed by atoms with Gasteiger partial charge >= 0.3 is 0 Å². The van der Waals surface area contributed by atoms with Crippen LogP contribution in [-0.4, -0.2) is 24.4 Å². The van der Waals surface area contributed by atoms with Crippen LogP contribution in [0.2, 0.25) is 0 Å². The van der Waals surface area contributed by atoms with E-state index < -0.39 is 0 Å². The van der Waals surface area contributed by atoms with Crippen molar-refractivity contribution < 1.29 is 9.84 Å². The van der Waals surface area contributed by atoms with E-state index in [1.807, 2.05) is 0 Å². The fourth-order valence-corrected chi connectivity index (χ4v) is 1.69. The normalized spacial score (nSPS) is 23.8. The first-order valence-corrected chi connectivity index (χ1v) is 4.67. The summed E-state index contributed by atoms with van der Waals surface area (Å²) in [5, 5.41) is 9.86. The molecular weight excluding hydrogens is 152 g/mol. The number of hydrogen-bond donors (Lipinski definition) is 1. The Hall–Kier alpha value is -0.0800. The summed E-state index contributed by atoms with van der Waals surface area (Å²) in [5.74, 6) is 0.495. The highest BCUT2D eigenvalue weighted by Crippen LogP contribution is 2.38. The van der Waals surface area contributed by atoms with Gasteiger partial charge in [0.15, 0.2) is 0 Å². The monoisotopic (exact) mass is 172 g/mol. The van der Waals surface area contributed by atoms with Gasteiger partial charge in [0.2, 0.25) is 0 Å². The molecule has 0 saturated heterocycles. The molecule has 0 aromatic carbocycles. The predicted octanol–water partition coefficient (Wildman–Crippen LogP) is 1.82. The lowest BCUT2D eigenvalue weighted by atomic mass is 9.84. The van der Waals surface area contributed by atoms with Crippen LogP contribution < -0.4 is 0 Å². The Labute approximate surface area is 74.9 Å². The summed E-state index contributed by atoms with van der Waals surface area (Å²) < 4.78 is 5.33. The molecule has 2 unspecified atom stereocenters. The van der Waals surface area contributed by atoms with Crippen LogP contribution in [0.4, 0.5) is 0 Å². The van der Waals surface area contributed by atoms with Gasteiger partial charge in [-0.15, -0.1) is 0 Å². The highest BCUT2D eigenvalue weighted by molar-refractivity contribution is 4.91. The number of aliphatic hydroxyl groups excluding tert-OH is 1. The van der Waals surface area contributed by atoms with E-state index in [0.717, 1.165) is 12.8 Å². The Balaban J connectivity index is 2.53. The Kier molecular flexibility index (Phi) is 2.79. The molecule has 1 aliphatic rings. The number of rotatable bonds is 3. The Morgan fingerprint density at radius 3 is 2.08 bits per heavy atom. The number of hydrogen-bond acceptors (Lipinski definition) is 2. The van der Waals surface area contributed by atoms with Gasteiger partial charge in [-0.2, -0.15) is 0 Å². The summed E-state index contributed by atoms with van der Waals surface area (Å²) in [5.41, 5.74) is 0.0384. The maximum Gasteiger partial charge on any atom is 0.0880 e. The minimum absolute atomic E-state index is 0.0231. The molecule has 0 aromatic rings. The van der Waals surface area contributed by atoms with E-state index in [2.05, 4.69) is 20.8 Å². The zero-order valence-corrected chi connectivity index (χ0v) is 8.50. The molecule has 1 rings (SSSR count). The molecule has 0 heterocycles. The number of ether oxygens (including phenoxy) is 1. The molecule has 2 heteroatoms. The zero-order valence-electron chi connectivity index (χ0n) is 8.50. The molecule has 0 aromatic heterocycles. The maximum absolute atomic E-state index is 9.86. The third kappa shape index (κ3) is 2.20. The lowest BCUT2D eigenvalue weighted by Gasteiger charge is -2.33. The van der Waals surface area contributed by atoms with E-state index in [9.17, 15) is 5.11 Å². The van der Waals surface area contributed by atoms with Crippen molar-refractivity contribution in [2.45, 2.75) is 45.8 Å². The average Bonchev–Trinajstić information content (AvgIpc) is 2.65. The van der Waals surface area contributed by atoms with Crippen LogP contribution >= 0.6 is 0 Å². The lowest BCUT2D eigenvalue weighted by molar-refractivity contribution is -0.0787. The summed E-state index contributed by atoms with van der Waals surface area (Å²) in [6, 6.07) is 0. The molecule has 0 bridgehead atoms. The van der Waals surface area contributed by atoms with Crippen molar-refractivity contribution in [3.8, 4) is 0 Å². The van der Waals surface area contributed by atoms with Crippen molar-refractivity contribution in [2.24, 2.45) is 11.3 Å². The minimum atomic E-state index is -0.269. The van der Waals surface area contributed by atoms with Crippen LogP contribution in [0.15, 0.2) is 0 Å². The second-order valence-corrected chi connectivity index (χ2v) is 4.85. The summed E-state index contributed by atoms with van der Waals surface area (Å²) >= 11 is 0. The van der Waals surface area contributed by atoms with Gasteiger partial charge in [0.25, 0.3) is 0 Å². The molecule has 1 fully saturated rings. The molecule has 72 valence electrons. The Morgan fingerprint density at radius 1 is 1.33 bits per heavy atom. The number of aliphatic hydroxyl groups is 1. The smallest absolute Gasteiger partial charge is 0.0880 e. The topological polar surface area (TPSA) is 29.5 Å². The van der Waals surface area contributed by atoms with E-state index >= 15 is 0 Å².